The molecule has 0 amide bonds. The van der Waals surface area contributed by atoms with Gasteiger partial charge in [-0.05, 0) is 44.2 Å². The van der Waals surface area contributed by atoms with Gasteiger partial charge < -0.3 is 10.1 Å². The molecule has 0 bridgehead atoms. The van der Waals surface area contributed by atoms with E-state index in [2.05, 4.69) is 49.5 Å². The zero-order valence-electron chi connectivity index (χ0n) is 12.5. The molecule has 19 heavy (non-hydrogen) atoms. The smallest absolute Gasteiger partial charge is 0.0619 e. The van der Waals surface area contributed by atoms with Gasteiger partial charge in [-0.2, -0.15) is 0 Å². The van der Waals surface area contributed by atoms with Gasteiger partial charge in [0.2, 0.25) is 0 Å². The number of hydrogen-bond donors (Lipinski definition) is 1. The molecular formula is C17H29NO. The van der Waals surface area contributed by atoms with E-state index in [0.29, 0.717) is 6.04 Å². The van der Waals surface area contributed by atoms with Crippen LogP contribution in [-0.2, 0) is 11.2 Å². The standard InChI is InChI=1S/C17H29NO/c1-3-13-18-17(15-19-14-4-2)12-8-11-16-9-6-5-7-10-16/h5-7,9-10,17-18H,3-4,8,11-15H2,1-2H3. The molecule has 1 aromatic carbocycles. The fraction of sp³-hybridized carbons (Fsp3) is 0.647. The molecule has 0 saturated carbocycles. The number of nitrogens with one attached hydrogen (secondary N) is 1. The molecule has 0 aliphatic heterocycles. The molecule has 2 heteroatoms. The van der Waals surface area contributed by atoms with Crippen molar-refractivity contribution in [3.8, 4) is 0 Å². The molecule has 0 radical (unpaired) electrons. The second-order valence-electron chi connectivity index (χ2n) is 5.10. The van der Waals surface area contributed by atoms with Gasteiger partial charge in [-0.1, -0.05) is 44.2 Å². The van der Waals surface area contributed by atoms with Gasteiger partial charge in [0, 0.05) is 12.6 Å². The van der Waals surface area contributed by atoms with Gasteiger partial charge in [-0.3, -0.25) is 0 Å². The van der Waals surface area contributed by atoms with Gasteiger partial charge >= 0.3 is 0 Å². The highest BCUT2D eigenvalue weighted by Gasteiger charge is 2.07. The van der Waals surface area contributed by atoms with E-state index >= 15 is 0 Å². The third-order valence-corrected chi connectivity index (χ3v) is 3.21. The minimum absolute atomic E-state index is 0.509. The van der Waals surface area contributed by atoms with Crippen molar-refractivity contribution >= 4 is 0 Å². The van der Waals surface area contributed by atoms with Crippen LogP contribution in [0, 0.1) is 0 Å². The molecule has 1 rings (SSSR count). The summed E-state index contributed by atoms with van der Waals surface area (Å²) in [4.78, 5) is 0. The molecule has 0 spiro atoms. The molecular weight excluding hydrogens is 234 g/mol. The molecule has 1 aromatic rings. The molecule has 2 nitrogen and oxygen atoms in total. The van der Waals surface area contributed by atoms with Crippen molar-refractivity contribution in [2.24, 2.45) is 0 Å². The Morgan fingerprint density at radius 3 is 2.58 bits per heavy atom. The summed E-state index contributed by atoms with van der Waals surface area (Å²) >= 11 is 0. The molecule has 108 valence electrons. The second-order valence-corrected chi connectivity index (χ2v) is 5.10. The Kier molecular flexibility index (Phi) is 9.38. The molecule has 0 heterocycles. The molecule has 0 saturated heterocycles. The summed E-state index contributed by atoms with van der Waals surface area (Å²) in [6.45, 7) is 7.18. The van der Waals surface area contributed by atoms with Crippen molar-refractivity contribution in [2.75, 3.05) is 19.8 Å². The van der Waals surface area contributed by atoms with Crippen molar-refractivity contribution < 1.29 is 4.74 Å². The van der Waals surface area contributed by atoms with Gasteiger partial charge in [0.1, 0.15) is 0 Å². The van der Waals surface area contributed by atoms with E-state index < -0.39 is 0 Å². The van der Waals surface area contributed by atoms with E-state index in [1.54, 1.807) is 0 Å². The second kappa shape index (κ2) is 11.0. The van der Waals surface area contributed by atoms with Crippen LogP contribution >= 0.6 is 0 Å². The number of ether oxygens (including phenoxy) is 1. The van der Waals surface area contributed by atoms with E-state index in [1.165, 1.54) is 31.2 Å². The number of rotatable bonds is 11. The number of aryl methyl sites for hydroxylation is 1. The van der Waals surface area contributed by atoms with Crippen LogP contribution in [-0.4, -0.2) is 25.8 Å². The van der Waals surface area contributed by atoms with Crippen LogP contribution in [0.5, 0.6) is 0 Å². The van der Waals surface area contributed by atoms with E-state index in [0.717, 1.165) is 26.2 Å². The maximum absolute atomic E-state index is 5.68. The highest BCUT2D eigenvalue weighted by Crippen LogP contribution is 2.07. The van der Waals surface area contributed by atoms with Crippen molar-refractivity contribution in [1.82, 2.24) is 5.32 Å². The first-order chi connectivity index (χ1) is 9.36. The van der Waals surface area contributed by atoms with E-state index in [-0.39, 0.29) is 0 Å². The summed E-state index contributed by atoms with van der Waals surface area (Å²) in [5, 5.41) is 3.59. The van der Waals surface area contributed by atoms with Gasteiger partial charge in [-0.15, -0.1) is 0 Å². The van der Waals surface area contributed by atoms with Gasteiger partial charge in [0.15, 0.2) is 0 Å². The van der Waals surface area contributed by atoms with Gasteiger partial charge in [-0.25, -0.2) is 0 Å². The maximum Gasteiger partial charge on any atom is 0.0619 e. The fourth-order valence-electron chi connectivity index (χ4n) is 2.16. The Morgan fingerprint density at radius 2 is 1.89 bits per heavy atom. The highest BCUT2D eigenvalue weighted by molar-refractivity contribution is 5.14. The Morgan fingerprint density at radius 1 is 1.11 bits per heavy atom. The van der Waals surface area contributed by atoms with Crippen LogP contribution in [0.25, 0.3) is 0 Å². The molecule has 1 N–H and O–H groups in total. The Labute approximate surface area is 118 Å². The first-order valence-electron chi connectivity index (χ1n) is 7.71. The summed E-state index contributed by atoms with van der Waals surface area (Å²) < 4.78 is 5.68. The lowest BCUT2D eigenvalue weighted by Gasteiger charge is -2.18. The lowest BCUT2D eigenvalue weighted by Crippen LogP contribution is -2.34. The van der Waals surface area contributed by atoms with E-state index in [9.17, 15) is 0 Å². The van der Waals surface area contributed by atoms with Gasteiger partial charge in [0.25, 0.3) is 0 Å². The lowest BCUT2D eigenvalue weighted by atomic mass is 10.0. The molecule has 0 aromatic heterocycles. The lowest BCUT2D eigenvalue weighted by molar-refractivity contribution is 0.109. The number of benzene rings is 1. The first kappa shape index (κ1) is 16.2. The molecule has 0 aliphatic carbocycles. The largest absolute Gasteiger partial charge is 0.380 e. The SMILES string of the molecule is CCCNC(CCCc1ccccc1)COCCC. The van der Waals surface area contributed by atoms with Crippen LogP contribution in [0.3, 0.4) is 0 Å². The van der Waals surface area contributed by atoms with Crippen molar-refractivity contribution in [3.05, 3.63) is 35.9 Å². The molecule has 1 unspecified atom stereocenters. The zero-order valence-corrected chi connectivity index (χ0v) is 12.5. The average Bonchev–Trinajstić information content (AvgIpc) is 2.45. The average molecular weight is 263 g/mol. The highest BCUT2D eigenvalue weighted by atomic mass is 16.5. The monoisotopic (exact) mass is 263 g/mol. The van der Waals surface area contributed by atoms with E-state index in [4.69, 9.17) is 4.74 Å². The molecule has 1 atom stereocenters. The summed E-state index contributed by atoms with van der Waals surface area (Å²) in [6.07, 6.45) is 5.87. The minimum Gasteiger partial charge on any atom is -0.380 e. The normalized spacial score (nSPS) is 12.5. The summed E-state index contributed by atoms with van der Waals surface area (Å²) in [5.74, 6) is 0. The third-order valence-electron chi connectivity index (χ3n) is 3.21. The molecule has 0 aliphatic rings. The summed E-state index contributed by atoms with van der Waals surface area (Å²) in [6, 6.07) is 11.2. The Hall–Kier alpha value is -0.860. The number of hydrogen-bond acceptors (Lipinski definition) is 2. The topological polar surface area (TPSA) is 21.3 Å². The first-order valence-corrected chi connectivity index (χ1v) is 7.71. The quantitative estimate of drug-likeness (QED) is 0.613. The van der Waals surface area contributed by atoms with Crippen molar-refractivity contribution in [3.63, 3.8) is 0 Å². The summed E-state index contributed by atoms with van der Waals surface area (Å²) in [5.41, 5.74) is 1.44. The van der Waals surface area contributed by atoms with Crippen LogP contribution in [0.2, 0.25) is 0 Å². The Balaban J connectivity index is 2.22. The predicted octanol–water partition coefficient (Wildman–Crippen LogP) is 3.80. The van der Waals surface area contributed by atoms with Crippen LogP contribution < -0.4 is 5.32 Å². The van der Waals surface area contributed by atoms with E-state index in [1.807, 2.05) is 0 Å². The van der Waals surface area contributed by atoms with Crippen LogP contribution in [0.15, 0.2) is 30.3 Å². The third kappa shape index (κ3) is 8.02. The van der Waals surface area contributed by atoms with Crippen LogP contribution in [0.4, 0.5) is 0 Å². The maximum atomic E-state index is 5.68. The predicted molar refractivity (Wildman–Crippen MR) is 82.6 cm³/mol. The zero-order chi connectivity index (χ0) is 13.8. The van der Waals surface area contributed by atoms with Crippen LogP contribution in [0.1, 0.15) is 45.1 Å². The Bertz CT molecular complexity index is 299. The minimum atomic E-state index is 0.509. The van der Waals surface area contributed by atoms with Crippen molar-refractivity contribution in [1.29, 1.82) is 0 Å². The summed E-state index contributed by atoms with van der Waals surface area (Å²) in [7, 11) is 0. The van der Waals surface area contributed by atoms with Gasteiger partial charge in [0.05, 0.1) is 6.61 Å². The van der Waals surface area contributed by atoms with Crippen molar-refractivity contribution in [2.45, 2.75) is 52.0 Å². The molecule has 0 fully saturated rings. The fourth-order valence-corrected chi connectivity index (χ4v) is 2.16.